The predicted molar refractivity (Wildman–Crippen MR) is 42.6 cm³/mol. The quantitative estimate of drug-likeness (QED) is 0.726. The Morgan fingerprint density at radius 3 is 2.92 bits per heavy atom. The van der Waals surface area contributed by atoms with Crippen LogP contribution in [0.4, 0.5) is 4.39 Å². The summed E-state index contributed by atoms with van der Waals surface area (Å²) in [6.07, 6.45) is 1.06. The second-order valence-electron chi connectivity index (χ2n) is 2.00. The third-order valence-corrected chi connectivity index (χ3v) is 1.97. The van der Waals surface area contributed by atoms with E-state index in [0.717, 1.165) is 18.0 Å². The molecule has 0 bridgehead atoms. The van der Waals surface area contributed by atoms with Crippen LogP contribution < -0.4 is 0 Å². The van der Waals surface area contributed by atoms with Gasteiger partial charge in [-0.05, 0) is 12.1 Å². The lowest BCUT2D eigenvalue weighted by Gasteiger charge is -1.95. The normalized spacial score (nSPS) is 9.75. The maximum absolute atomic E-state index is 12.3. The topological polar surface area (TPSA) is 50.2 Å². The van der Waals surface area contributed by atoms with Crippen molar-refractivity contribution in [2.75, 3.05) is 5.75 Å². The Balaban J connectivity index is 2.53. The average molecular weight is 187 g/mol. The van der Waals surface area contributed by atoms with E-state index in [-0.39, 0.29) is 5.75 Å². The minimum absolute atomic E-state index is 0.0569. The molecule has 64 valence electrons. The zero-order valence-corrected chi connectivity index (χ0v) is 6.84. The number of hydrogen-bond donors (Lipinski definition) is 1. The summed E-state index contributed by atoms with van der Waals surface area (Å²) in [4.78, 5) is 13.8. The Hall–Kier alpha value is -1.10. The fraction of sp³-hybridized carbons (Fsp3) is 0.143. The van der Waals surface area contributed by atoms with Gasteiger partial charge in [0.15, 0.2) is 0 Å². The molecule has 0 unspecified atom stereocenters. The SMILES string of the molecule is O=C(O)CSc1ccc(F)cn1. The van der Waals surface area contributed by atoms with Crippen molar-refractivity contribution in [3.63, 3.8) is 0 Å². The molecule has 1 heterocycles. The molecule has 0 spiro atoms. The molecule has 0 aliphatic carbocycles. The number of nitrogens with zero attached hydrogens (tertiary/aromatic N) is 1. The first kappa shape index (κ1) is 8.99. The smallest absolute Gasteiger partial charge is 0.313 e. The van der Waals surface area contributed by atoms with Crippen LogP contribution in [-0.4, -0.2) is 21.8 Å². The first-order valence-electron chi connectivity index (χ1n) is 3.14. The lowest BCUT2D eigenvalue weighted by Crippen LogP contribution is -1.97. The fourth-order valence-corrected chi connectivity index (χ4v) is 1.15. The van der Waals surface area contributed by atoms with E-state index in [1.807, 2.05) is 0 Å². The highest BCUT2D eigenvalue weighted by Crippen LogP contribution is 2.13. The largest absolute Gasteiger partial charge is 0.481 e. The van der Waals surface area contributed by atoms with E-state index < -0.39 is 11.8 Å². The zero-order valence-electron chi connectivity index (χ0n) is 6.03. The molecule has 0 aliphatic rings. The molecule has 0 atom stereocenters. The van der Waals surface area contributed by atoms with Crippen LogP contribution in [0.3, 0.4) is 0 Å². The standard InChI is InChI=1S/C7H6FNO2S/c8-5-1-2-6(9-3-5)12-4-7(10)11/h1-3H,4H2,(H,10,11). The van der Waals surface area contributed by atoms with Gasteiger partial charge < -0.3 is 5.11 Å². The third-order valence-electron chi connectivity index (χ3n) is 1.04. The number of hydrogen-bond acceptors (Lipinski definition) is 3. The van der Waals surface area contributed by atoms with Crippen LogP contribution in [0.5, 0.6) is 0 Å². The number of aromatic nitrogens is 1. The second kappa shape index (κ2) is 4.06. The van der Waals surface area contributed by atoms with Gasteiger partial charge in [-0.25, -0.2) is 9.37 Å². The summed E-state index contributed by atoms with van der Waals surface area (Å²) in [6.45, 7) is 0. The molecule has 0 saturated heterocycles. The van der Waals surface area contributed by atoms with E-state index in [1.165, 1.54) is 12.1 Å². The number of carboxylic acid groups (broad SMARTS) is 1. The van der Waals surface area contributed by atoms with Gasteiger partial charge in [0, 0.05) is 0 Å². The third kappa shape index (κ3) is 2.87. The van der Waals surface area contributed by atoms with E-state index in [4.69, 9.17) is 5.11 Å². The number of halogens is 1. The maximum atomic E-state index is 12.3. The van der Waals surface area contributed by atoms with Crippen molar-refractivity contribution in [3.05, 3.63) is 24.1 Å². The molecule has 3 nitrogen and oxygen atoms in total. The van der Waals surface area contributed by atoms with Gasteiger partial charge in [-0.1, -0.05) is 11.8 Å². The van der Waals surface area contributed by atoms with Gasteiger partial charge in [0.1, 0.15) is 5.82 Å². The Morgan fingerprint density at radius 1 is 1.67 bits per heavy atom. The van der Waals surface area contributed by atoms with E-state index in [9.17, 15) is 9.18 Å². The summed E-state index contributed by atoms with van der Waals surface area (Å²) >= 11 is 1.06. The van der Waals surface area contributed by atoms with E-state index in [0.29, 0.717) is 5.03 Å². The first-order chi connectivity index (χ1) is 5.68. The van der Waals surface area contributed by atoms with Crippen molar-refractivity contribution >= 4 is 17.7 Å². The summed E-state index contributed by atoms with van der Waals surface area (Å²) in [5.41, 5.74) is 0. The number of rotatable bonds is 3. The second-order valence-corrected chi connectivity index (χ2v) is 2.99. The molecular formula is C7H6FNO2S. The van der Waals surface area contributed by atoms with E-state index in [1.54, 1.807) is 0 Å². The summed E-state index contributed by atoms with van der Waals surface area (Å²) in [7, 11) is 0. The van der Waals surface area contributed by atoms with Crippen LogP contribution >= 0.6 is 11.8 Å². The van der Waals surface area contributed by atoms with Crippen molar-refractivity contribution < 1.29 is 14.3 Å². The van der Waals surface area contributed by atoms with Crippen LogP contribution in [0, 0.1) is 5.82 Å². The zero-order chi connectivity index (χ0) is 8.97. The monoisotopic (exact) mass is 187 g/mol. The number of aliphatic carboxylic acids is 1. The predicted octanol–water partition coefficient (Wildman–Crippen LogP) is 1.40. The molecule has 12 heavy (non-hydrogen) atoms. The van der Waals surface area contributed by atoms with Gasteiger partial charge in [0.2, 0.25) is 0 Å². The highest BCUT2D eigenvalue weighted by Gasteiger charge is 2.00. The fourth-order valence-electron chi connectivity index (χ4n) is 0.583. The minimum atomic E-state index is -0.911. The van der Waals surface area contributed by atoms with Crippen molar-refractivity contribution in [2.24, 2.45) is 0 Å². The van der Waals surface area contributed by atoms with Crippen LogP contribution in [0.25, 0.3) is 0 Å². The Bertz CT molecular complexity index is 275. The Labute approximate surface area is 72.6 Å². The summed E-state index contributed by atoms with van der Waals surface area (Å²) in [5.74, 6) is -1.39. The number of carbonyl (C=O) groups is 1. The number of carboxylic acids is 1. The van der Waals surface area contributed by atoms with E-state index >= 15 is 0 Å². The summed E-state index contributed by atoms with van der Waals surface area (Å²) in [5, 5.41) is 8.82. The first-order valence-corrected chi connectivity index (χ1v) is 4.13. The van der Waals surface area contributed by atoms with Gasteiger partial charge in [-0.15, -0.1) is 0 Å². The van der Waals surface area contributed by atoms with Crippen molar-refractivity contribution in [3.8, 4) is 0 Å². The lowest BCUT2D eigenvalue weighted by molar-refractivity contribution is -0.133. The molecule has 0 aromatic carbocycles. The van der Waals surface area contributed by atoms with Crippen LogP contribution in [0.15, 0.2) is 23.4 Å². The van der Waals surface area contributed by atoms with Crippen LogP contribution in [0.2, 0.25) is 0 Å². The van der Waals surface area contributed by atoms with Gasteiger partial charge in [0.05, 0.1) is 17.0 Å². The number of pyridine rings is 1. The molecule has 1 rings (SSSR count). The van der Waals surface area contributed by atoms with Crippen molar-refractivity contribution in [1.29, 1.82) is 0 Å². The minimum Gasteiger partial charge on any atom is -0.481 e. The summed E-state index contributed by atoms with van der Waals surface area (Å²) < 4.78 is 12.3. The Kier molecular flexibility index (Phi) is 3.04. The molecule has 5 heteroatoms. The molecule has 1 aromatic heterocycles. The van der Waals surface area contributed by atoms with Gasteiger partial charge in [-0.3, -0.25) is 4.79 Å². The molecule has 1 aromatic rings. The highest BCUT2D eigenvalue weighted by molar-refractivity contribution is 7.99. The van der Waals surface area contributed by atoms with Gasteiger partial charge in [-0.2, -0.15) is 0 Å². The van der Waals surface area contributed by atoms with E-state index in [2.05, 4.69) is 4.98 Å². The molecule has 1 N–H and O–H groups in total. The Morgan fingerprint density at radius 2 is 2.42 bits per heavy atom. The molecule has 0 fully saturated rings. The van der Waals surface area contributed by atoms with Crippen LogP contribution in [-0.2, 0) is 4.79 Å². The summed E-state index contributed by atoms with van der Waals surface area (Å²) in [6, 6.07) is 2.69. The molecular weight excluding hydrogens is 181 g/mol. The molecule has 0 aliphatic heterocycles. The highest BCUT2D eigenvalue weighted by atomic mass is 32.2. The lowest BCUT2D eigenvalue weighted by atomic mass is 10.5. The molecule has 0 radical (unpaired) electrons. The number of thioether (sulfide) groups is 1. The van der Waals surface area contributed by atoms with Crippen molar-refractivity contribution in [1.82, 2.24) is 4.98 Å². The molecule has 0 saturated carbocycles. The van der Waals surface area contributed by atoms with Gasteiger partial charge >= 0.3 is 5.97 Å². The molecule has 0 amide bonds. The maximum Gasteiger partial charge on any atom is 0.313 e. The van der Waals surface area contributed by atoms with Crippen LogP contribution in [0.1, 0.15) is 0 Å². The van der Waals surface area contributed by atoms with Gasteiger partial charge in [0.25, 0.3) is 0 Å². The van der Waals surface area contributed by atoms with Crippen molar-refractivity contribution in [2.45, 2.75) is 5.03 Å². The average Bonchev–Trinajstić information content (AvgIpc) is 2.03.